The predicted molar refractivity (Wildman–Crippen MR) is 141 cm³/mol. The van der Waals surface area contributed by atoms with Gasteiger partial charge in [0.25, 0.3) is 0 Å². The van der Waals surface area contributed by atoms with Crippen LogP contribution >= 0.6 is 0 Å². The first-order chi connectivity index (χ1) is 17.5. The van der Waals surface area contributed by atoms with Crippen LogP contribution in [0.3, 0.4) is 0 Å². The van der Waals surface area contributed by atoms with Crippen LogP contribution in [-0.2, 0) is 20.9 Å². The molecule has 2 N–H and O–H groups in total. The van der Waals surface area contributed by atoms with Crippen molar-refractivity contribution >= 4 is 17.7 Å². The molecule has 36 heavy (non-hydrogen) atoms. The summed E-state index contributed by atoms with van der Waals surface area (Å²) in [6.45, 7) is 5.45. The minimum Gasteiger partial charge on any atom is -0.353 e. The summed E-state index contributed by atoms with van der Waals surface area (Å²) < 4.78 is 0. The number of hydrogen-bond donors (Lipinski definition) is 2. The Kier molecular flexibility index (Phi) is 9.79. The summed E-state index contributed by atoms with van der Waals surface area (Å²) in [7, 11) is 0. The fraction of sp³-hybridized carbons (Fsp3) is 0.690. The number of benzene rings is 1. The van der Waals surface area contributed by atoms with Crippen molar-refractivity contribution in [2.45, 2.75) is 89.8 Å². The summed E-state index contributed by atoms with van der Waals surface area (Å²) in [4.78, 5) is 42.9. The van der Waals surface area contributed by atoms with E-state index in [1.165, 1.54) is 32.1 Å². The van der Waals surface area contributed by atoms with E-state index in [4.69, 9.17) is 0 Å². The SMILES string of the molecule is CCCCN1CC(C(=O)NC(CC2CCCCC2)C[C@@H]2NCCN(Cc3ccccc3)C2=O)CC1=O. The number of piperazine rings is 1. The second-order valence-electron chi connectivity index (χ2n) is 11.0. The summed E-state index contributed by atoms with van der Waals surface area (Å²) in [6.07, 6.45) is 10.0. The zero-order valence-corrected chi connectivity index (χ0v) is 21.9. The number of hydrogen-bond acceptors (Lipinski definition) is 4. The molecule has 1 aromatic rings. The average molecular weight is 497 g/mol. The molecular formula is C29H44N4O3. The zero-order chi connectivity index (χ0) is 25.3. The third kappa shape index (κ3) is 7.31. The van der Waals surface area contributed by atoms with Crippen molar-refractivity contribution in [1.29, 1.82) is 0 Å². The largest absolute Gasteiger partial charge is 0.353 e. The maximum Gasteiger partial charge on any atom is 0.240 e. The first kappa shape index (κ1) is 26.6. The Balaban J connectivity index is 1.38. The van der Waals surface area contributed by atoms with Crippen LogP contribution in [0.5, 0.6) is 0 Å². The predicted octanol–water partition coefficient (Wildman–Crippen LogP) is 3.48. The molecule has 0 spiro atoms. The van der Waals surface area contributed by atoms with Crippen molar-refractivity contribution in [3.63, 3.8) is 0 Å². The average Bonchev–Trinajstić information content (AvgIpc) is 3.27. The highest BCUT2D eigenvalue weighted by atomic mass is 16.2. The normalized spacial score (nSPS) is 24.2. The van der Waals surface area contributed by atoms with E-state index >= 15 is 0 Å². The van der Waals surface area contributed by atoms with Gasteiger partial charge in [-0.15, -0.1) is 0 Å². The van der Waals surface area contributed by atoms with Crippen LogP contribution in [-0.4, -0.2) is 65.8 Å². The Morgan fingerprint density at radius 1 is 1.08 bits per heavy atom. The summed E-state index contributed by atoms with van der Waals surface area (Å²) in [5, 5.41) is 6.73. The van der Waals surface area contributed by atoms with Crippen LogP contribution in [0.1, 0.15) is 76.7 Å². The van der Waals surface area contributed by atoms with Crippen LogP contribution in [0.15, 0.2) is 30.3 Å². The van der Waals surface area contributed by atoms with Gasteiger partial charge in [0, 0.05) is 45.2 Å². The van der Waals surface area contributed by atoms with Crippen LogP contribution in [0.25, 0.3) is 0 Å². The topological polar surface area (TPSA) is 81.8 Å². The number of nitrogens with zero attached hydrogens (tertiary/aromatic N) is 2. The molecule has 1 saturated carbocycles. The van der Waals surface area contributed by atoms with E-state index in [1.807, 2.05) is 28.0 Å². The number of carbonyl (C=O) groups is 3. The Bertz CT molecular complexity index is 871. The highest BCUT2D eigenvalue weighted by Gasteiger charge is 2.37. The highest BCUT2D eigenvalue weighted by Crippen LogP contribution is 2.29. The molecule has 4 rings (SSSR count). The summed E-state index contributed by atoms with van der Waals surface area (Å²) >= 11 is 0. The number of likely N-dealkylation sites (tertiary alicyclic amines) is 1. The number of amides is 3. The first-order valence-electron chi connectivity index (χ1n) is 14.2. The fourth-order valence-electron chi connectivity index (χ4n) is 6.09. The van der Waals surface area contributed by atoms with E-state index in [0.717, 1.165) is 37.9 Å². The standard InChI is InChI=1S/C29H44N4O3/c1-2-3-15-32-21-24(18-27(32)34)28(35)31-25(17-22-10-6-4-7-11-22)19-26-29(36)33(16-14-30-26)20-23-12-8-5-9-13-23/h5,8-9,12-13,22,24-26,30H,2-4,6-7,10-11,14-21H2,1H3,(H,31,35)/t24?,25?,26-/m0/s1. The molecule has 1 aromatic carbocycles. The van der Waals surface area contributed by atoms with E-state index in [2.05, 4.69) is 29.7 Å². The van der Waals surface area contributed by atoms with E-state index in [1.54, 1.807) is 0 Å². The van der Waals surface area contributed by atoms with Crippen LogP contribution in [0, 0.1) is 11.8 Å². The van der Waals surface area contributed by atoms with Gasteiger partial charge < -0.3 is 20.4 Å². The lowest BCUT2D eigenvalue weighted by Crippen LogP contribution is -2.57. The maximum absolute atomic E-state index is 13.4. The van der Waals surface area contributed by atoms with Crippen LogP contribution < -0.4 is 10.6 Å². The van der Waals surface area contributed by atoms with Gasteiger partial charge in [0.15, 0.2) is 0 Å². The van der Waals surface area contributed by atoms with Gasteiger partial charge >= 0.3 is 0 Å². The molecule has 3 atom stereocenters. The Morgan fingerprint density at radius 3 is 2.61 bits per heavy atom. The number of nitrogens with one attached hydrogen (secondary N) is 2. The summed E-state index contributed by atoms with van der Waals surface area (Å²) in [5.41, 5.74) is 1.14. The second kappa shape index (κ2) is 13.2. The molecule has 0 radical (unpaired) electrons. The Labute approximate surface area is 216 Å². The maximum atomic E-state index is 13.4. The molecule has 3 amide bonds. The second-order valence-corrected chi connectivity index (χ2v) is 11.0. The zero-order valence-electron chi connectivity index (χ0n) is 21.9. The van der Waals surface area contributed by atoms with Gasteiger partial charge in [-0.3, -0.25) is 14.4 Å². The molecule has 2 heterocycles. The van der Waals surface area contributed by atoms with Crippen molar-refractivity contribution in [2.24, 2.45) is 11.8 Å². The van der Waals surface area contributed by atoms with E-state index in [0.29, 0.717) is 38.4 Å². The van der Waals surface area contributed by atoms with E-state index < -0.39 is 0 Å². The third-order valence-electron chi connectivity index (χ3n) is 8.17. The quantitative estimate of drug-likeness (QED) is 0.492. The fourth-order valence-corrected chi connectivity index (χ4v) is 6.09. The molecular weight excluding hydrogens is 452 g/mol. The lowest BCUT2D eigenvalue weighted by Gasteiger charge is -2.36. The molecule has 0 aromatic heterocycles. The first-order valence-corrected chi connectivity index (χ1v) is 14.2. The molecule has 2 aliphatic heterocycles. The molecule has 3 aliphatic rings. The van der Waals surface area contributed by atoms with Crippen molar-refractivity contribution in [3.05, 3.63) is 35.9 Å². The molecule has 1 aliphatic carbocycles. The number of unbranched alkanes of at least 4 members (excludes halogenated alkanes) is 1. The van der Waals surface area contributed by atoms with Crippen molar-refractivity contribution in [3.8, 4) is 0 Å². The van der Waals surface area contributed by atoms with Crippen molar-refractivity contribution in [1.82, 2.24) is 20.4 Å². The van der Waals surface area contributed by atoms with Crippen molar-refractivity contribution in [2.75, 3.05) is 26.2 Å². The molecule has 2 saturated heterocycles. The smallest absolute Gasteiger partial charge is 0.240 e. The Hall–Kier alpha value is -2.41. The third-order valence-corrected chi connectivity index (χ3v) is 8.17. The monoisotopic (exact) mass is 496 g/mol. The summed E-state index contributed by atoms with van der Waals surface area (Å²) in [6, 6.07) is 9.78. The van der Waals surface area contributed by atoms with Gasteiger partial charge in [0.2, 0.25) is 17.7 Å². The lowest BCUT2D eigenvalue weighted by molar-refractivity contribution is -0.137. The highest BCUT2D eigenvalue weighted by molar-refractivity contribution is 5.89. The molecule has 198 valence electrons. The molecule has 2 unspecified atom stereocenters. The minimum absolute atomic E-state index is 0.0208. The molecule has 0 bridgehead atoms. The van der Waals surface area contributed by atoms with Crippen molar-refractivity contribution < 1.29 is 14.4 Å². The van der Waals surface area contributed by atoms with E-state index in [9.17, 15) is 14.4 Å². The summed E-state index contributed by atoms with van der Waals surface area (Å²) in [5.74, 6) is 0.498. The van der Waals surface area contributed by atoms with Gasteiger partial charge in [-0.1, -0.05) is 75.8 Å². The van der Waals surface area contributed by atoms with Gasteiger partial charge in [-0.2, -0.15) is 0 Å². The number of carbonyl (C=O) groups excluding carboxylic acids is 3. The molecule has 7 nitrogen and oxygen atoms in total. The molecule has 3 fully saturated rings. The van der Waals surface area contributed by atoms with Gasteiger partial charge in [0.1, 0.15) is 0 Å². The van der Waals surface area contributed by atoms with E-state index in [-0.39, 0.29) is 35.7 Å². The number of rotatable bonds is 11. The van der Waals surface area contributed by atoms with Crippen LogP contribution in [0.2, 0.25) is 0 Å². The minimum atomic E-state index is -0.289. The molecule has 7 heteroatoms. The lowest BCUT2D eigenvalue weighted by atomic mass is 9.83. The van der Waals surface area contributed by atoms with Gasteiger partial charge in [-0.25, -0.2) is 0 Å². The van der Waals surface area contributed by atoms with Gasteiger partial charge in [-0.05, 0) is 30.7 Å². The van der Waals surface area contributed by atoms with Crippen LogP contribution in [0.4, 0.5) is 0 Å². The van der Waals surface area contributed by atoms with Gasteiger partial charge in [0.05, 0.1) is 12.0 Å². The Morgan fingerprint density at radius 2 is 1.86 bits per heavy atom.